The van der Waals surface area contributed by atoms with Crippen molar-refractivity contribution in [3.63, 3.8) is 0 Å². The Morgan fingerprint density at radius 3 is 1.33 bits per heavy atom. The van der Waals surface area contributed by atoms with Gasteiger partial charge in [-0.25, -0.2) is 0 Å². The zero-order valence-corrected chi connectivity index (χ0v) is 12.6. The van der Waals surface area contributed by atoms with Crippen molar-refractivity contribution in [3.05, 3.63) is 0 Å². The summed E-state index contributed by atoms with van der Waals surface area (Å²) in [6.07, 6.45) is 17.1. The summed E-state index contributed by atoms with van der Waals surface area (Å²) in [6.45, 7) is 3.96. The van der Waals surface area contributed by atoms with Gasteiger partial charge in [0.05, 0.1) is 0 Å². The maximum absolute atomic E-state index is 10.7. The van der Waals surface area contributed by atoms with E-state index < -0.39 is 0 Å². The molecule has 0 aromatic heterocycles. The SMILES string of the molecule is CCCCCCCCCCCCCCC(C)=O.O. The van der Waals surface area contributed by atoms with E-state index in [2.05, 4.69) is 6.92 Å². The highest BCUT2D eigenvalue weighted by molar-refractivity contribution is 5.75. The average molecular weight is 258 g/mol. The zero-order chi connectivity index (χ0) is 12.8. The summed E-state index contributed by atoms with van der Waals surface area (Å²) >= 11 is 0. The number of carbonyl (C=O) groups is 1. The molecule has 0 rings (SSSR count). The summed E-state index contributed by atoms with van der Waals surface area (Å²) < 4.78 is 0. The second-order valence-corrected chi connectivity index (χ2v) is 5.34. The molecule has 0 aromatic carbocycles. The van der Waals surface area contributed by atoms with Gasteiger partial charge in [-0.2, -0.15) is 0 Å². The summed E-state index contributed by atoms with van der Waals surface area (Å²) in [5, 5.41) is 0. The van der Waals surface area contributed by atoms with Crippen LogP contribution in [-0.4, -0.2) is 11.3 Å². The third-order valence-electron chi connectivity index (χ3n) is 3.38. The molecule has 0 unspecified atom stereocenters. The summed E-state index contributed by atoms with van der Waals surface area (Å²) in [5.74, 6) is 0.345. The van der Waals surface area contributed by atoms with Crippen LogP contribution in [0.4, 0.5) is 0 Å². The van der Waals surface area contributed by atoms with E-state index in [0.29, 0.717) is 5.78 Å². The Balaban J connectivity index is 0. The highest BCUT2D eigenvalue weighted by atomic mass is 16.1. The molecule has 0 saturated heterocycles. The van der Waals surface area contributed by atoms with E-state index in [1.54, 1.807) is 6.92 Å². The molecule has 0 saturated carbocycles. The van der Waals surface area contributed by atoms with E-state index in [9.17, 15) is 4.79 Å². The minimum atomic E-state index is 0. The lowest BCUT2D eigenvalue weighted by molar-refractivity contribution is -0.117. The quantitative estimate of drug-likeness (QED) is 0.436. The van der Waals surface area contributed by atoms with Gasteiger partial charge >= 0.3 is 0 Å². The van der Waals surface area contributed by atoms with Gasteiger partial charge in [-0.3, -0.25) is 0 Å². The molecular weight excluding hydrogens is 224 g/mol. The Morgan fingerprint density at radius 2 is 1.00 bits per heavy atom. The van der Waals surface area contributed by atoms with Gasteiger partial charge in [0.1, 0.15) is 5.78 Å². The molecule has 2 nitrogen and oxygen atoms in total. The van der Waals surface area contributed by atoms with E-state index in [1.165, 1.54) is 70.6 Å². The second-order valence-electron chi connectivity index (χ2n) is 5.34. The van der Waals surface area contributed by atoms with Crippen molar-refractivity contribution in [2.45, 2.75) is 97.3 Å². The number of Topliss-reactive ketones (excluding diaryl/α,β-unsaturated/α-hetero) is 1. The molecule has 0 bridgehead atoms. The third-order valence-corrected chi connectivity index (χ3v) is 3.38. The van der Waals surface area contributed by atoms with E-state index in [0.717, 1.165) is 12.8 Å². The van der Waals surface area contributed by atoms with Gasteiger partial charge in [-0.05, 0) is 13.3 Å². The number of unbranched alkanes of at least 4 members (excludes halogenated alkanes) is 11. The summed E-state index contributed by atoms with van der Waals surface area (Å²) in [7, 11) is 0. The molecule has 0 aliphatic rings. The van der Waals surface area contributed by atoms with Crippen LogP contribution in [0.5, 0.6) is 0 Å². The normalized spacial score (nSPS) is 10.1. The fraction of sp³-hybridized carbons (Fsp3) is 0.938. The molecule has 0 radical (unpaired) electrons. The molecule has 110 valence electrons. The highest BCUT2D eigenvalue weighted by Crippen LogP contribution is 2.12. The lowest BCUT2D eigenvalue weighted by atomic mass is 10.0. The topological polar surface area (TPSA) is 48.6 Å². The van der Waals surface area contributed by atoms with Gasteiger partial charge < -0.3 is 10.3 Å². The maximum Gasteiger partial charge on any atom is 0.129 e. The van der Waals surface area contributed by atoms with Crippen molar-refractivity contribution in [1.82, 2.24) is 0 Å². The summed E-state index contributed by atoms with van der Waals surface area (Å²) in [6, 6.07) is 0. The van der Waals surface area contributed by atoms with E-state index in [-0.39, 0.29) is 5.48 Å². The Morgan fingerprint density at radius 1 is 0.667 bits per heavy atom. The van der Waals surface area contributed by atoms with Crippen LogP contribution in [0.25, 0.3) is 0 Å². The molecule has 0 amide bonds. The summed E-state index contributed by atoms with van der Waals surface area (Å²) in [5.41, 5.74) is 0. The van der Waals surface area contributed by atoms with Crippen LogP contribution < -0.4 is 0 Å². The fourth-order valence-electron chi connectivity index (χ4n) is 2.21. The van der Waals surface area contributed by atoms with Gasteiger partial charge in [-0.15, -0.1) is 0 Å². The smallest absolute Gasteiger partial charge is 0.129 e. The molecule has 0 aliphatic carbocycles. The number of hydrogen-bond acceptors (Lipinski definition) is 1. The van der Waals surface area contributed by atoms with E-state index >= 15 is 0 Å². The first-order valence-corrected chi connectivity index (χ1v) is 7.76. The van der Waals surface area contributed by atoms with Gasteiger partial charge in [-0.1, -0.05) is 77.6 Å². The predicted molar refractivity (Wildman–Crippen MR) is 80.0 cm³/mol. The molecule has 0 fully saturated rings. The number of hydrogen-bond donors (Lipinski definition) is 0. The maximum atomic E-state index is 10.7. The molecular formula is C16H34O2. The Hall–Kier alpha value is -0.370. The van der Waals surface area contributed by atoms with Crippen molar-refractivity contribution < 1.29 is 10.3 Å². The Bertz CT molecular complexity index is 166. The number of ketones is 1. The van der Waals surface area contributed by atoms with Crippen LogP contribution >= 0.6 is 0 Å². The lowest BCUT2D eigenvalue weighted by Crippen LogP contribution is -1.89. The van der Waals surface area contributed by atoms with Crippen LogP contribution in [0.15, 0.2) is 0 Å². The molecule has 0 aliphatic heterocycles. The molecule has 0 atom stereocenters. The van der Waals surface area contributed by atoms with Crippen molar-refractivity contribution in [1.29, 1.82) is 0 Å². The van der Waals surface area contributed by atoms with Crippen LogP contribution in [0.1, 0.15) is 97.3 Å². The highest BCUT2D eigenvalue weighted by Gasteiger charge is 1.95. The average Bonchev–Trinajstić information content (AvgIpc) is 2.30. The first kappa shape index (κ1) is 20.0. The summed E-state index contributed by atoms with van der Waals surface area (Å²) in [4.78, 5) is 10.7. The minimum absolute atomic E-state index is 0. The third kappa shape index (κ3) is 18.0. The zero-order valence-electron chi connectivity index (χ0n) is 12.6. The predicted octanol–water partition coefficient (Wildman–Crippen LogP) is 4.84. The van der Waals surface area contributed by atoms with Gasteiger partial charge in [0, 0.05) is 6.42 Å². The Kier molecular flexibility index (Phi) is 18.4. The van der Waals surface area contributed by atoms with Gasteiger partial charge in [0.2, 0.25) is 0 Å². The molecule has 0 heterocycles. The fourth-order valence-corrected chi connectivity index (χ4v) is 2.21. The van der Waals surface area contributed by atoms with Crippen molar-refractivity contribution >= 4 is 5.78 Å². The van der Waals surface area contributed by atoms with E-state index in [1.807, 2.05) is 0 Å². The molecule has 18 heavy (non-hydrogen) atoms. The van der Waals surface area contributed by atoms with Crippen molar-refractivity contribution in [2.75, 3.05) is 0 Å². The standard InChI is InChI=1S/C16H32O.H2O/c1-3-4-5-6-7-8-9-10-11-12-13-14-15-16(2)17;/h3-15H2,1-2H3;1H2. The number of rotatable bonds is 13. The van der Waals surface area contributed by atoms with Crippen LogP contribution in [0.2, 0.25) is 0 Å². The molecule has 2 heteroatoms. The molecule has 2 N–H and O–H groups in total. The minimum Gasteiger partial charge on any atom is -0.412 e. The van der Waals surface area contributed by atoms with Crippen LogP contribution in [-0.2, 0) is 4.79 Å². The molecule has 0 spiro atoms. The van der Waals surface area contributed by atoms with Crippen molar-refractivity contribution in [3.8, 4) is 0 Å². The van der Waals surface area contributed by atoms with Gasteiger partial charge in [0.25, 0.3) is 0 Å². The molecule has 0 aromatic rings. The van der Waals surface area contributed by atoms with Crippen LogP contribution in [0, 0.1) is 0 Å². The Labute approximate surface area is 114 Å². The van der Waals surface area contributed by atoms with Crippen molar-refractivity contribution in [2.24, 2.45) is 0 Å². The van der Waals surface area contributed by atoms with E-state index in [4.69, 9.17) is 0 Å². The largest absolute Gasteiger partial charge is 0.412 e. The first-order chi connectivity index (χ1) is 8.27. The number of carbonyl (C=O) groups excluding carboxylic acids is 1. The lowest BCUT2D eigenvalue weighted by Gasteiger charge is -2.02. The second kappa shape index (κ2) is 16.6. The van der Waals surface area contributed by atoms with Gasteiger partial charge in [0.15, 0.2) is 0 Å². The monoisotopic (exact) mass is 258 g/mol. The van der Waals surface area contributed by atoms with Crippen LogP contribution in [0.3, 0.4) is 0 Å². The first-order valence-electron chi connectivity index (χ1n) is 7.76.